The average Bonchev–Trinajstić information content (AvgIpc) is 3.24. The first kappa shape index (κ1) is 22.2. The second kappa shape index (κ2) is 9.70. The van der Waals surface area contributed by atoms with Crippen LogP contribution in [0.1, 0.15) is 42.9 Å². The second-order valence-corrected chi connectivity index (χ2v) is 9.13. The molecule has 1 aliphatic heterocycles. The van der Waals surface area contributed by atoms with Gasteiger partial charge in [0.1, 0.15) is 5.41 Å². The van der Waals surface area contributed by atoms with Gasteiger partial charge in [-0.25, -0.2) is 4.79 Å². The molecule has 5 nitrogen and oxygen atoms in total. The predicted octanol–water partition coefficient (Wildman–Crippen LogP) is 5.52. The van der Waals surface area contributed by atoms with Gasteiger partial charge in [0, 0.05) is 19.1 Å². The van der Waals surface area contributed by atoms with E-state index in [1.165, 1.54) is 0 Å². The molecule has 0 unspecified atom stereocenters. The first-order chi connectivity index (χ1) is 16.7. The number of aromatic nitrogens is 1. The van der Waals surface area contributed by atoms with Crippen LogP contribution in [-0.4, -0.2) is 29.1 Å². The minimum absolute atomic E-state index is 0.166. The largest absolute Gasteiger partial charge is 0.420 e. The lowest BCUT2D eigenvalue weighted by atomic mass is 9.72. The number of piperidine rings is 1. The van der Waals surface area contributed by atoms with E-state index in [1.807, 2.05) is 65.2 Å². The van der Waals surface area contributed by atoms with Crippen LogP contribution in [0, 0.1) is 11.3 Å². The lowest BCUT2D eigenvalue weighted by molar-refractivity contribution is 0.180. The molecule has 1 aromatic heterocycles. The van der Waals surface area contributed by atoms with Crippen molar-refractivity contribution in [2.75, 3.05) is 19.6 Å². The van der Waals surface area contributed by atoms with Gasteiger partial charge in [0.05, 0.1) is 11.6 Å². The molecule has 0 aliphatic carbocycles. The number of benzene rings is 3. The zero-order valence-electron chi connectivity index (χ0n) is 19.3. The van der Waals surface area contributed by atoms with E-state index in [-0.39, 0.29) is 11.8 Å². The Bertz CT molecular complexity index is 1290. The molecule has 0 atom stereocenters. The lowest BCUT2D eigenvalue weighted by Crippen LogP contribution is -2.37. The average molecular weight is 452 g/mol. The van der Waals surface area contributed by atoms with Crippen molar-refractivity contribution in [1.29, 1.82) is 5.26 Å². The van der Waals surface area contributed by atoms with Crippen molar-refractivity contribution in [3.05, 3.63) is 107 Å². The summed E-state index contributed by atoms with van der Waals surface area (Å²) in [5.41, 5.74) is 2.99. The van der Waals surface area contributed by atoms with Crippen LogP contribution >= 0.6 is 0 Å². The number of hydrogen-bond acceptors (Lipinski definition) is 4. The summed E-state index contributed by atoms with van der Waals surface area (Å²) in [5.74, 6) is -0.260. The normalized spacial score (nSPS) is 15.4. The molecule has 0 radical (unpaired) electrons. The Labute approximate surface area is 199 Å². The molecule has 172 valence electrons. The van der Waals surface area contributed by atoms with Crippen LogP contribution < -0.4 is 5.76 Å². The first-order valence-corrected chi connectivity index (χ1v) is 12.1. The Morgan fingerprint density at radius 3 is 2.09 bits per heavy atom. The van der Waals surface area contributed by atoms with Gasteiger partial charge in [-0.05, 0) is 55.5 Å². The van der Waals surface area contributed by atoms with Crippen molar-refractivity contribution in [2.24, 2.45) is 0 Å². The van der Waals surface area contributed by atoms with E-state index in [1.54, 1.807) is 0 Å². The summed E-state index contributed by atoms with van der Waals surface area (Å²) < 4.78 is 7.27. The highest BCUT2D eigenvalue weighted by atomic mass is 16.4. The maximum absolute atomic E-state index is 12.5. The molecule has 0 N–H and O–H groups in total. The Hall–Kier alpha value is -3.62. The van der Waals surface area contributed by atoms with E-state index in [2.05, 4.69) is 35.2 Å². The molecule has 3 aromatic carbocycles. The van der Waals surface area contributed by atoms with Crippen LogP contribution in [0.25, 0.3) is 11.1 Å². The van der Waals surface area contributed by atoms with E-state index in [4.69, 9.17) is 4.42 Å². The van der Waals surface area contributed by atoms with Crippen molar-refractivity contribution in [2.45, 2.75) is 37.1 Å². The fraction of sp³-hybridized carbons (Fsp3) is 0.310. The summed E-state index contributed by atoms with van der Waals surface area (Å²) in [6.07, 6.45) is 3.54. The summed E-state index contributed by atoms with van der Waals surface area (Å²) in [7, 11) is 0. The third-order valence-corrected chi connectivity index (χ3v) is 7.19. The number of rotatable bonds is 7. The lowest BCUT2D eigenvalue weighted by Gasteiger charge is -2.33. The van der Waals surface area contributed by atoms with Crippen molar-refractivity contribution in [3.8, 4) is 6.07 Å². The Morgan fingerprint density at radius 2 is 1.47 bits per heavy atom. The number of oxazole rings is 1. The van der Waals surface area contributed by atoms with Gasteiger partial charge in [-0.15, -0.1) is 0 Å². The Balaban J connectivity index is 1.25. The fourth-order valence-corrected chi connectivity index (χ4v) is 5.38. The third-order valence-electron chi connectivity index (χ3n) is 7.19. The number of nitrogens with zero attached hydrogens (tertiary/aromatic N) is 3. The van der Waals surface area contributed by atoms with E-state index in [0.717, 1.165) is 62.0 Å². The third kappa shape index (κ3) is 4.18. The number of fused-ring (bicyclic) bond motifs is 1. The van der Waals surface area contributed by atoms with Crippen LogP contribution in [0.2, 0.25) is 0 Å². The smallest absolute Gasteiger partial charge is 0.408 e. The summed E-state index contributed by atoms with van der Waals surface area (Å²) in [4.78, 5) is 14.9. The van der Waals surface area contributed by atoms with Crippen LogP contribution in [-0.2, 0) is 5.41 Å². The van der Waals surface area contributed by atoms with Crippen LogP contribution in [0.5, 0.6) is 0 Å². The molecular formula is C29H29N3O2. The van der Waals surface area contributed by atoms with E-state index in [0.29, 0.717) is 5.58 Å². The van der Waals surface area contributed by atoms with Crippen molar-refractivity contribution in [1.82, 2.24) is 9.47 Å². The molecule has 0 saturated carbocycles. The van der Waals surface area contributed by atoms with Gasteiger partial charge in [0.15, 0.2) is 5.58 Å². The molecule has 1 aliphatic rings. The molecule has 5 heteroatoms. The standard InChI is InChI=1S/C29H29N3O2/c30-22-29(23-10-3-1-4-11-23,24-12-5-2-6-13-24)18-9-19-31-20-16-25(17-21-31)32-26-14-7-8-15-27(26)34-28(32)33/h1-8,10-15,25H,9,16-21H2. The van der Waals surface area contributed by atoms with Gasteiger partial charge in [-0.2, -0.15) is 5.26 Å². The van der Waals surface area contributed by atoms with Gasteiger partial charge in [0.2, 0.25) is 0 Å². The quantitative estimate of drug-likeness (QED) is 0.371. The highest BCUT2D eigenvalue weighted by molar-refractivity contribution is 5.72. The van der Waals surface area contributed by atoms with Crippen LogP contribution in [0.3, 0.4) is 0 Å². The molecular weight excluding hydrogens is 422 g/mol. The van der Waals surface area contributed by atoms with Crippen LogP contribution in [0.15, 0.2) is 94.1 Å². The van der Waals surface area contributed by atoms with Gasteiger partial charge >= 0.3 is 5.76 Å². The number of para-hydroxylation sites is 2. The summed E-state index contributed by atoms with van der Waals surface area (Å²) >= 11 is 0. The SMILES string of the molecule is N#CC(CCCN1CCC(n2c(=O)oc3ccccc32)CC1)(c1ccccc1)c1ccccc1. The molecule has 5 rings (SSSR count). The molecule has 0 bridgehead atoms. The van der Waals surface area contributed by atoms with Gasteiger partial charge in [-0.1, -0.05) is 72.8 Å². The van der Waals surface area contributed by atoms with E-state index in [9.17, 15) is 10.1 Å². The maximum Gasteiger partial charge on any atom is 0.420 e. The summed E-state index contributed by atoms with van der Waals surface area (Å²) in [5, 5.41) is 10.4. The number of hydrogen-bond donors (Lipinski definition) is 0. The van der Waals surface area contributed by atoms with Crippen molar-refractivity contribution < 1.29 is 4.42 Å². The van der Waals surface area contributed by atoms with Gasteiger partial charge in [-0.3, -0.25) is 4.57 Å². The predicted molar refractivity (Wildman–Crippen MR) is 134 cm³/mol. The summed E-state index contributed by atoms with van der Waals surface area (Å²) in [6.45, 7) is 2.82. The molecule has 1 fully saturated rings. The zero-order chi connectivity index (χ0) is 23.4. The topological polar surface area (TPSA) is 62.2 Å². The molecule has 2 heterocycles. The maximum atomic E-state index is 12.5. The highest BCUT2D eigenvalue weighted by Crippen LogP contribution is 2.36. The molecule has 0 spiro atoms. The molecule has 0 amide bonds. The van der Waals surface area contributed by atoms with Gasteiger partial charge in [0.25, 0.3) is 0 Å². The zero-order valence-corrected chi connectivity index (χ0v) is 19.3. The number of nitriles is 1. The van der Waals surface area contributed by atoms with Crippen molar-refractivity contribution in [3.63, 3.8) is 0 Å². The Morgan fingerprint density at radius 1 is 0.882 bits per heavy atom. The van der Waals surface area contributed by atoms with E-state index >= 15 is 0 Å². The fourth-order valence-electron chi connectivity index (χ4n) is 5.38. The molecule has 4 aromatic rings. The monoisotopic (exact) mass is 451 g/mol. The minimum atomic E-state index is -0.649. The minimum Gasteiger partial charge on any atom is -0.408 e. The van der Waals surface area contributed by atoms with Gasteiger partial charge < -0.3 is 9.32 Å². The van der Waals surface area contributed by atoms with Crippen LogP contribution in [0.4, 0.5) is 0 Å². The van der Waals surface area contributed by atoms with E-state index < -0.39 is 5.41 Å². The highest BCUT2D eigenvalue weighted by Gasteiger charge is 2.34. The summed E-state index contributed by atoms with van der Waals surface area (Å²) in [6, 6.07) is 30.8. The first-order valence-electron chi connectivity index (χ1n) is 12.1. The number of likely N-dealkylation sites (tertiary alicyclic amines) is 1. The Kier molecular flexibility index (Phi) is 6.33. The molecule has 1 saturated heterocycles. The second-order valence-electron chi connectivity index (χ2n) is 9.13. The van der Waals surface area contributed by atoms with Crippen molar-refractivity contribution >= 4 is 11.1 Å². The molecule has 34 heavy (non-hydrogen) atoms.